The van der Waals surface area contributed by atoms with Gasteiger partial charge in [-0.25, -0.2) is 8.42 Å². The molecule has 0 saturated heterocycles. The van der Waals surface area contributed by atoms with Crippen molar-refractivity contribution in [3.63, 3.8) is 0 Å². The van der Waals surface area contributed by atoms with Gasteiger partial charge >= 0.3 is 0 Å². The number of sulfonamides is 1. The molecule has 0 fully saturated rings. The van der Waals surface area contributed by atoms with Crippen molar-refractivity contribution in [2.45, 2.75) is 26.7 Å². The summed E-state index contributed by atoms with van der Waals surface area (Å²) in [6, 6.07) is 12.8. The van der Waals surface area contributed by atoms with Crippen molar-refractivity contribution in [1.82, 2.24) is 5.32 Å². The van der Waals surface area contributed by atoms with E-state index in [1.165, 1.54) is 10.6 Å². The van der Waals surface area contributed by atoms with E-state index in [-0.39, 0.29) is 18.9 Å². The van der Waals surface area contributed by atoms with Gasteiger partial charge in [0.05, 0.1) is 23.5 Å². The maximum absolute atomic E-state index is 12.2. The summed E-state index contributed by atoms with van der Waals surface area (Å²) in [6.45, 7) is 4.73. The average Bonchev–Trinajstić information content (AvgIpc) is 2.63. The number of anilines is 1. The normalized spacial score (nSPS) is 11.2. The van der Waals surface area contributed by atoms with Crippen LogP contribution in [0.25, 0.3) is 0 Å². The van der Waals surface area contributed by atoms with Crippen LogP contribution in [0.1, 0.15) is 24.0 Å². The number of halogens is 1. The van der Waals surface area contributed by atoms with Crippen LogP contribution in [0.5, 0.6) is 5.75 Å². The summed E-state index contributed by atoms with van der Waals surface area (Å²) in [7, 11) is -3.44. The molecule has 2 rings (SSSR count). The van der Waals surface area contributed by atoms with Gasteiger partial charge in [-0.1, -0.05) is 41.4 Å². The zero-order valence-corrected chi connectivity index (χ0v) is 18.5. The maximum atomic E-state index is 12.2. The first-order valence-electron chi connectivity index (χ1n) is 9.37. The molecule has 0 saturated carbocycles. The maximum Gasteiger partial charge on any atom is 0.232 e. The molecule has 0 radical (unpaired) electrons. The Kier molecular flexibility index (Phi) is 8.34. The van der Waals surface area contributed by atoms with Crippen LogP contribution in [0.3, 0.4) is 0 Å². The minimum atomic E-state index is -3.44. The zero-order chi connectivity index (χ0) is 21.4. The Morgan fingerprint density at radius 1 is 1.17 bits per heavy atom. The number of aryl methyl sites for hydroxylation is 2. The third kappa shape index (κ3) is 7.25. The smallest absolute Gasteiger partial charge is 0.232 e. The molecular formula is C21H27ClN2O4S. The molecule has 0 unspecified atom stereocenters. The Balaban J connectivity index is 1.80. The van der Waals surface area contributed by atoms with Gasteiger partial charge in [0.25, 0.3) is 0 Å². The Labute approximate surface area is 177 Å². The highest BCUT2D eigenvalue weighted by molar-refractivity contribution is 7.92. The van der Waals surface area contributed by atoms with Gasteiger partial charge in [0.1, 0.15) is 12.4 Å². The summed E-state index contributed by atoms with van der Waals surface area (Å²) in [4.78, 5) is 12.0. The summed E-state index contributed by atoms with van der Waals surface area (Å²) in [6.07, 6.45) is 1.82. The van der Waals surface area contributed by atoms with Gasteiger partial charge in [-0.3, -0.25) is 9.10 Å². The van der Waals surface area contributed by atoms with Crippen molar-refractivity contribution in [1.29, 1.82) is 0 Å². The first-order chi connectivity index (χ1) is 13.7. The number of hydrogen-bond donors (Lipinski definition) is 1. The van der Waals surface area contributed by atoms with Crippen LogP contribution < -0.4 is 14.4 Å². The molecular weight excluding hydrogens is 412 g/mol. The number of amides is 1. The summed E-state index contributed by atoms with van der Waals surface area (Å²) in [5.41, 5.74) is 2.60. The van der Waals surface area contributed by atoms with E-state index in [2.05, 4.69) is 5.32 Å². The molecule has 0 heterocycles. The molecule has 1 amide bonds. The highest BCUT2D eigenvalue weighted by Crippen LogP contribution is 2.24. The van der Waals surface area contributed by atoms with E-state index in [4.69, 9.17) is 16.3 Å². The van der Waals surface area contributed by atoms with Crippen LogP contribution >= 0.6 is 11.6 Å². The summed E-state index contributed by atoms with van der Waals surface area (Å²) >= 11 is 6.00. The lowest BCUT2D eigenvalue weighted by atomic mass is 10.1. The Morgan fingerprint density at radius 2 is 1.90 bits per heavy atom. The molecule has 6 nitrogen and oxygen atoms in total. The Bertz CT molecular complexity index is 947. The van der Waals surface area contributed by atoms with Crippen molar-refractivity contribution < 1.29 is 17.9 Å². The van der Waals surface area contributed by atoms with Crippen molar-refractivity contribution in [2.75, 3.05) is 30.3 Å². The summed E-state index contributed by atoms with van der Waals surface area (Å²) in [5.74, 6) is 0.419. The lowest BCUT2D eigenvalue weighted by molar-refractivity contribution is -0.121. The lowest BCUT2D eigenvalue weighted by Crippen LogP contribution is -2.33. The minimum Gasteiger partial charge on any atom is -0.490 e. The van der Waals surface area contributed by atoms with E-state index in [9.17, 15) is 13.2 Å². The number of rotatable bonds is 10. The molecule has 2 aromatic carbocycles. The second kappa shape index (κ2) is 10.5. The minimum absolute atomic E-state index is 0.151. The fourth-order valence-corrected chi connectivity index (χ4v) is 4.15. The van der Waals surface area contributed by atoms with E-state index >= 15 is 0 Å². The molecule has 8 heteroatoms. The van der Waals surface area contributed by atoms with Crippen molar-refractivity contribution in [3.05, 3.63) is 58.6 Å². The van der Waals surface area contributed by atoms with Gasteiger partial charge in [0, 0.05) is 13.0 Å². The number of para-hydroxylation sites is 1. The third-order valence-corrected chi connectivity index (χ3v) is 5.80. The fourth-order valence-electron chi connectivity index (χ4n) is 2.93. The standard InChI is InChI=1S/C21H27ClN2O4S/c1-16-10-11-19(17(2)15-16)24(29(3,26)27)13-6-9-21(25)23-12-14-28-20-8-5-4-7-18(20)22/h4-5,7-8,10-11,15H,6,9,12-14H2,1-3H3,(H,23,25). The van der Waals surface area contributed by atoms with Gasteiger partial charge in [-0.05, 0) is 44.0 Å². The van der Waals surface area contributed by atoms with Crippen molar-refractivity contribution >= 4 is 33.2 Å². The number of carbonyl (C=O) groups is 1. The van der Waals surface area contributed by atoms with E-state index in [0.29, 0.717) is 36.0 Å². The number of nitrogens with one attached hydrogen (secondary N) is 1. The Morgan fingerprint density at radius 3 is 2.55 bits per heavy atom. The van der Waals surface area contributed by atoms with Crippen LogP contribution in [0.15, 0.2) is 42.5 Å². The fraction of sp³-hybridized carbons (Fsp3) is 0.381. The van der Waals surface area contributed by atoms with Crippen LogP contribution in [0.4, 0.5) is 5.69 Å². The molecule has 0 aliphatic carbocycles. The first kappa shape index (κ1) is 23.0. The number of carbonyl (C=O) groups excluding carboxylic acids is 1. The predicted molar refractivity (Wildman–Crippen MR) is 117 cm³/mol. The van der Waals surface area contributed by atoms with E-state index in [0.717, 1.165) is 11.1 Å². The number of hydrogen-bond acceptors (Lipinski definition) is 4. The molecule has 158 valence electrons. The molecule has 0 aliphatic heterocycles. The van der Waals surface area contributed by atoms with Gasteiger partial charge in [-0.15, -0.1) is 0 Å². The number of ether oxygens (including phenoxy) is 1. The molecule has 1 N–H and O–H groups in total. The van der Waals surface area contributed by atoms with E-state index in [1.54, 1.807) is 18.2 Å². The van der Waals surface area contributed by atoms with E-state index in [1.807, 2.05) is 38.1 Å². The number of nitrogens with zero attached hydrogens (tertiary/aromatic N) is 1. The third-order valence-electron chi connectivity index (χ3n) is 4.30. The van der Waals surface area contributed by atoms with Crippen LogP contribution in [0.2, 0.25) is 5.02 Å². The molecule has 0 atom stereocenters. The van der Waals surface area contributed by atoms with Crippen LogP contribution in [0, 0.1) is 13.8 Å². The second-order valence-electron chi connectivity index (χ2n) is 6.86. The predicted octanol–water partition coefficient (Wildman–Crippen LogP) is 3.70. The highest BCUT2D eigenvalue weighted by atomic mass is 35.5. The number of benzene rings is 2. The van der Waals surface area contributed by atoms with E-state index < -0.39 is 10.0 Å². The van der Waals surface area contributed by atoms with Crippen LogP contribution in [-0.4, -0.2) is 40.3 Å². The lowest BCUT2D eigenvalue weighted by Gasteiger charge is -2.24. The highest BCUT2D eigenvalue weighted by Gasteiger charge is 2.19. The SMILES string of the molecule is Cc1ccc(N(CCCC(=O)NCCOc2ccccc2Cl)S(C)(=O)=O)c(C)c1. The van der Waals surface area contributed by atoms with Gasteiger partial charge in [0.15, 0.2) is 0 Å². The summed E-state index contributed by atoms with van der Waals surface area (Å²) in [5, 5.41) is 3.29. The second-order valence-corrected chi connectivity index (χ2v) is 9.17. The molecule has 29 heavy (non-hydrogen) atoms. The van der Waals surface area contributed by atoms with Gasteiger partial charge < -0.3 is 10.1 Å². The summed E-state index contributed by atoms with van der Waals surface area (Å²) < 4.78 is 31.3. The van der Waals surface area contributed by atoms with Crippen molar-refractivity contribution in [2.24, 2.45) is 0 Å². The zero-order valence-electron chi connectivity index (χ0n) is 16.9. The monoisotopic (exact) mass is 438 g/mol. The Hall–Kier alpha value is -2.25. The van der Waals surface area contributed by atoms with Crippen LogP contribution in [-0.2, 0) is 14.8 Å². The quantitative estimate of drug-likeness (QED) is 0.574. The van der Waals surface area contributed by atoms with Gasteiger partial charge in [-0.2, -0.15) is 0 Å². The molecule has 0 spiro atoms. The molecule has 0 aromatic heterocycles. The first-order valence-corrected chi connectivity index (χ1v) is 11.6. The van der Waals surface area contributed by atoms with Crippen molar-refractivity contribution in [3.8, 4) is 5.75 Å². The molecule has 0 bridgehead atoms. The van der Waals surface area contributed by atoms with Gasteiger partial charge in [0.2, 0.25) is 15.9 Å². The average molecular weight is 439 g/mol. The molecule has 0 aliphatic rings. The topological polar surface area (TPSA) is 75.7 Å². The largest absolute Gasteiger partial charge is 0.490 e. The molecule has 2 aromatic rings.